The molecule has 8 heteroatoms. The minimum absolute atomic E-state index is 0.0659. The lowest BCUT2D eigenvalue weighted by molar-refractivity contribution is 0.0735. The molecule has 0 aliphatic carbocycles. The summed E-state index contributed by atoms with van der Waals surface area (Å²) < 4.78 is 2.89. The van der Waals surface area contributed by atoms with Gasteiger partial charge in [0.05, 0.1) is 16.4 Å². The van der Waals surface area contributed by atoms with E-state index in [0.717, 1.165) is 29.3 Å². The van der Waals surface area contributed by atoms with Crippen LogP contribution in [0, 0.1) is 6.92 Å². The van der Waals surface area contributed by atoms with Crippen LogP contribution in [-0.2, 0) is 7.05 Å². The number of amides is 1. The number of benzene rings is 1. The Morgan fingerprint density at radius 2 is 2.00 bits per heavy atom. The molecular weight excluding hydrogens is 366 g/mol. The molecule has 1 aromatic carbocycles. The zero-order valence-corrected chi connectivity index (χ0v) is 16.7. The predicted molar refractivity (Wildman–Crippen MR) is 107 cm³/mol. The van der Waals surface area contributed by atoms with Gasteiger partial charge in [0.25, 0.3) is 5.91 Å². The van der Waals surface area contributed by atoms with Crippen LogP contribution in [0.25, 0.3) is 10.2 Å². The smallest absolute Gasteiger partial charge is 0.272 e. The van der Waals surface area contributed by atoms with Gasteiger partial charge in [0.15, 0.2) is 5.13 Å². The number of thiazole rings is 1. The van der Waals surface area contributed by atoms with Crippen molar-refractivity contribution in [2.24, 2.45) is 7.05 Å². The minimum atomic E-state index is 0.0659. The van der Waals surface area contributed by atoms with Crippen LogP contribution < -0.4 is 4.90 Å². The molecule has 6 nitrogen and oxygen atoms in total. The highest BCUT2D eigenvalue weighted by Crippen LogP contribution is 2.34. The molecule has 0 N–H and O–H groups in total. The van der Waals surface area contributed by atoms with Gasteiger partial charge in [-0.3, -0.25) is 9.48 Å². The molecular formula is C18H21N5OS2. The fourth-order valence-corrected chi connectivity index (χ4v) is 4.99. The quantitative estimate of drug-likeness (QED) is 0.647. The number of aromatic nitrogens is 3. The van der Waals surface area contributed by atoms with Crippen LogP contribution in [0.15, 0.2) is 29.3 Å². The van der Waals surface area contributed by atoms with E-state index in [-0.39, 0.29) is 5.91 Å². The molecule has 3 heterocycles. The maximum atomic E-state index is 12.8. The molecule has 0 radical (unpaired) electrons. The second-order valence-electron chi connectivity index (χ2n) is 6.38. The Balaban J connectivity index is 1.49. The van der Waals surface area contributed by atoms with Crippen LogP contribution in [0.5, 0.6) is 0 Å². The van der Waals surface area contributed by atoms with E-state index in [2.05, 4.69) is 34.5 Å². The van der Waals surface area contributed by atoms with Gasteiger partial charge >= 0.3 is 0 Å². The molecule has 2 aromatic heterocycles. The van der Waals surface area contributed by atoms with E-state index >= 15 is 0 Å². The fourth-order valence-electron chi connectivity index (χ4n) is 3.32. The SMILES string of the molecule is CSc1cccc2sc(N3CCN(C(=O)c4c(C)cnn4C)CC3)nc12. The van der Waals surface area contributed by atoms with E-state index < -0.39 is 0 Å². The highest BCUT2D eigenvalue weighted by Gasteiger charge is 2.26. The highest BCUT2D eigenvalue weighted by atomic mass is 32.2. The largest absolute Gasteiger partial charge is 0.345 e. The number of aryl methyl sites for hydroxylation is 2. The number of carbonyl (C=O) groups is 1. The molecule has 0 unspecified atom stereocenters. The van der Waals surface area contributed by atoms with Gasteiger partial charge in [0.1, 0.15) is 5.69 Å². The summed E-state index contributed by atoms with van der Waals surface area (Å²) in [5.74, 6) is 0.0659. The van der Waals surface area contributed by atoms with Gasteiger partial charge in [0, 0.05) is 38.1 Å². The monoisotopic (exact) mass is 387 g/mol. The molecule has 0 atom stereocenters. The van der Waals surface area contributed by atoms with Gasteiger partial charge in [-0.15, -0.1) is 11.8 Å². The lowest BCUT2D eigenvalue weighted by Crippen LogP contribution is -2.49. The van der Waals surface area contributed by atoms with Gasteiger partial charge in [-0.1, -0.05) is 17.4 Å². The van der Waals surface area contributed by atoms with Crippen LogP contribution in [0.4, 0.5) is 5.13 Å². The standard InChI is InChI=1S/C18H21N5OS2/c1-12-11-19-21(2)16(12)17(24)22-7-9-23(10-8-22)18-20-15-13(25-3)5-4-6-14(15)26-18/h4-6,11H,7-10H2,1-3H3. The first-order chi connectivity index (χ1) is 12.6. The minimum Gasteiger partial charge on any atom is -0.345 e. The number of para-hydroxylation sites is 1. The predicted octanol–water partition coefficient (Wildman–Crippen LogP) is 3.02. The number of hydrogen-bond donors (Lipinski definition) is 0. The number of hydrogen-bond acceptors (Lipinski definition) is 6. The van der Waals surface area contributed by atoms with Crippen LogP contribution in [0.3, 0.4) is 0 Å². The van der Waals surface area contributed by atoms with E-state index in [9.17, 15) is 4.79 Å². The lowest BCUT2D eigenvalue weighted by Gasteiger charge is -2.34. The molecule has 0 spiro atoms. The first-order valence-electron chi connectivity index (χ1n) is 8.55. The summed E-state index contributed by atoms with van der Waals surface area (Å²) in [5, 5.41) is 5.23. The van der Waals surface area contributed by atoms with Crippen molar-refractivity contribution in [3.05, 3.63) is 35.7 Å². The number of rotatable bonds is 3. The van der Waals surface area contributed by atoms with Crippen molar-refractivity contribution < 1.29 is 4.79 Å². The highest BCUT2D eigenvalue weighted by molar-refractivity contribution is 7.98. The third kappa shape index (κ3) is 2.97. The van der Waals surface area contributed by atoms with Crippen LogP contribution in [0.1, 0.15) is 16.1 Å². The average Bonchev–Trinajstić information content (AvgIpc) is 3.24. The molecule has 1 aliphatic rings. The molecule has 1 aliphatic heterocycles. The molecule has 3 aromatic rings. The number of carbonyl (C=O) groups excluding carboxylic acids is 1. The van der Waals surface area contributed by atoms with Crippen molar-refractivity contribution >= 4 is 44.4 Å². The Kier molecular flexibility index (Phi) is 4.62. The summed E-state index contributed by atoms with van der Waals surface area (Å²) in [6.07, 6.45) is 3.83. The third-order valence-corrected chi connectivity index (χ3v) is 6.60. The first-order valence-corrected chi connectivity index (χ1v) is 10.6. The third-order valence-electron chi connectivity index (χ3n) is 4.75. The normalized spacial score (nSPS) is 15.0. The van der Waals surface area contributed by atoms with Crippen molar-refractivity contribution in [3.8, 4) is 0 Å². The molecule has 26 heavy (non-hydrogen) atoms. The molecule has 1 amide bonds. The molecule has 4 rings (SSSR count). The Hall–Kier alpha value is -2.06. The van der Waals surface area contributed by atoms with E-state index in [1.54, 1.807) is 34.0 Å². The van der Waals surface area contributed by atoms with E-state index in [0.29, 0.717) is 18.8 Å². The number of anilines is 1. The topological polar surface area (TPSA) is 54.3 Å². The molecule has 0 saturated carbocycles. The summed E-state index contributed by atoms with van der Waals surface area (Å²) in [5.41, 5.74) is 2.70. The average molecular weight is 388 g/mol. The zero-order valence-electron chi connectivity index (χ0n) is 15.1. The Morgan fingerprint density at radius 3 is 2.65 bits per heavy atom. The maximum Gasteiger partial charge on any atom is 0.272 e. The van der Waals surface area contributed by atoms with Crippen LogP contribution in [-0.4, -0.2) is 58.0 Å². The maximum absolute atomic E-state index is 12.8. The van der Waals surface area contributed by atoms with Crippen LogP contribution in [0.2, 0.25) is 0 Å². The Labute approximate surface area is 160 Å². The summed E-state index contributed by atoms with van der Waals surface area (Å²) in [4.78, 5) is 23.1. The second-order valence-corrected chi connectivity index (χ2v) is 8.24. The summed E-state index contributed by atoms with van der Waals surface area (Å²) in [7, 11) is 1.82. The van der Waals surface area contributed by atoms with Crippen molar-refractivity contribution in [2.75, 3.05) is 37.3 Å². The van der Waals surface area contributed by atoms with E-state index in [4.69, 9.17) is 4.98 Å². The number of piperazine rings is 1. The molecule has 136 valence electrons. The molecule has 0 bridgehead atoms. The van der Waals surface area contributed by atoms with Gasteiger partial charge in [-0.05, 0) is 30.9 Å². The summed E-state index contributed by atoms with van der Waals surface area (Å²) in [6, 6.07) is 6.33. The Bertz CT molecular complexity index is 936. The van der Waals surface area contributed by atoms with Crippen molar-refractivity contribution in [1.82, 2.24) is 19.7 Å². The second kappa shape index (κ2) is 6.92. The molecule has 1 fully saturated rings. The van der Waals surface area contributed by atoms with Crippen molar-refractivity contribution in [2.45, 2.75) is 11.8 Å². The molecule has 1 saturated heterocycles. The van der Waals surface area contributed by atoms with Gasteiger partial charge < -0.3 is 9.80 Å². The number of thioether (sulfide) groups is 1. The van der Waals surface area contributed by atoms with Crippen molar-refractivity contribution in [3.63, 3.8) is 0 Å². The van der Waals surface area contributed by atoms with Gasteiger partial charge in [-0.2, -0.15) is 5.10 Å². The van der Waals surface area contributed by atoms with Gasteiger partial charge in [0.2, 0.25) is 0 Å². The fraction of sp³-hybridized carbons (Fsp3) is 0.389. The van der Waals surface area contributed by atoms with E-state index in [1.807, 2.05) is 18.9 Å². The van der Waals surface area contributed by atoms with Crippen molar-refractivity contribution in [1.29, 1.82) is 0 Å². The number of fused-ring (bicyclic) bond motifs is 1. The Morgan fingerprint density at radius 1 is 1.23 bits per heavy atom. The summed E-state index contributed by atoms with van der Waals surface area (Å²) >= 11 is 3.46. The van der Waals surface area contributed by atoms with E-state index in [1.165, 1.54) is 9.60 Å². The number of nitrogens with zero attached hydrogens (tertiary/aromatic N) is 5. The first kappa shape index (κ1) is 17.4. The van der Waals surface area contributed by atoms with Crippen LogP contribution >= 0.6 is 23.1 Å². The zero-order chi connectivity index (χ0) is 18.3. The van der Waals surface area contributed by atoms with Gasteiger partial charge in [-0.25, -0.2) is 4.98 Å². The summed E-state index contributed by atoms with van der Waals surface area (Å²) in [6.45, 7) is 4.94. The lowest BCUT2D eigenvalue weighted by atomic mass is 10.2.